The second-order valence-corrected chi connectivity index (χ2v) is 13.3. The van der Waals surface area contributed by atoms with Crippen molar-refractivity contribution in [2.75, 3.05) is 31.1 Å². The van der Waals surface area contributed by atoms with E-state index in [-0.39, 0.29) is 0 Å². The number of anilines is 1. The van der Waals surface area contributed by atoms with Gasteiger partial charge in [0.15, 0.2) is 0 Å². The Bertz CT molecular complexity index is 1500. The molecule has 0 radical (unpaired) electrons. The summed E-state index contributed by atoms with van der Waals surface area (Å²) in [5, 5.41) is 1.19. The fourth-order valence-corrected chi connectivity index (χ4v) is 8.12. The number of fused-ring (bicyclic) bond motifs is 3. The van der Waals surface area contributed by atoms with Gasteiger partial charge in [-0.3, -0.25) is 0 Å². The summed E-state index contributed by atoms with van der Waals surface area (Å²) in [5.74, 6) is 1.80. The summed E-state index contributed by atoms with van der Waals surface area (Å²) in [7, 11) is -3.52. The number of aromatic nitrogens is 2. The predicted molar refractivity (Wildman–Crippen MR) is 148 cm³/mol. The van der Waals surface area contributed by atoms with Gasteiger partial charge in [0.25, 0.3) is 0 Å². The molecule has 0 atom stereocenters. The summed E-state index contributed by atoms with van der Waals surface area (Å²) >= 11 is 5.20. The Hall–Kier alpha value is -2.33. The number of thiophene rings is 1. The van der Waals surface area contributed by atoms with Gasteiger partial charge in [-0.15, -0.1) is 11.3 Å². The fourth-order valence-electron chi connectivity index (χ4n) is 5.16. The number of aryl methyl sites for hydroxylation is 2. The highest BCUT2D eigenvalue weighted by molar-refractivity contribution is 9.10. The van der Waals surface area contributed by atoms with Crippen LogP contribution in [0.15, 0.2) is 64.0 Å². The molecule has 1 saturated heterocycles. The predicted octanol–water partition coefficient (Wildman–Crippen LogP) is 5.43. The summed E-state index contributed by atoms with van der Waals surface area (Å²) in [6, 6.07) is 17.2. The molecular weight excluding hydrogens is 556 g/mol. The lowest BCUT2D eigenvalue weighted by atomic mass is 9.97. The number of halogens is 1. The molecule has 3 heterocycles. The summed E-state index contributed by atoms with van der Waals surface area (Å²) < 4.78 is 28.9. The van der Waals surface area contributed by atoms with Gasteiger partial charge >= 0.3 is 0 Å². The third-order valence-corrected chi connectivity index (χ3v) is 10.7. The molecule has 0 spiro atoms. The highest BCUT2D eigenvalue weighted by Crippen LogP contribution is 2.40. The van der Waals surface area contributed by atoms with Gasteiger partial charge in [-0.05, 0) is 61.1 Å². The van der Waals surface area contributed by atoms with Crippen LogP contribution < -0.4 is 4.90 Å². The van der Waals surface area contributed by atoms with Gasteiger partial charge in [0, 0.05) is 41.9 Å². The van der Waals surface area contributed by atoms with E-state index in [2.05, 4.69) is 33.0 Å². The van der Waals surface area contributed by atoms with Crippen molar-refractivity contribution in [2.45, 2.75) is 37.0 Å². The number of nitrogens with zero attached hydrogens (tertiary/aromatic N) is 4. The molecule has 2 aromatic heterocycles. The number of rotatable bonds is 5. The molecule has 2 aliphatic rings. The first-order valence-corrected chi connectivity index (χ1v) is 15.4. The monoisotopic (exact) mass is 582 g/mol. The third kappa shape index (κ3) is 4.58. The Morgan fingerprint density at radius 3 is 2.36 bits per heavy atom. The maximum absolute atomic E-state index is 13.2. The third-order valence-electron chi connectivity index (χ3n) is 7.04. The smallest absolute Gasteiger partial charge is 0.243 e. The maximum Gasteiger partial charge on any atom is 0.243 e. The zero-order valence-electron chi connectivity index (χ0n) is 19.9. The summed E-state index contributed by atoms with van der Waals surface area (Å²) in [6.45, 7) is 2.09. The van der Waals surface area contributed by atoms with Crippen molar-refractivity contribution >= 4 is 53.3 Å². The van der Waals surface area contributed by atoms with Gasteiger partial charge in [-0.2, -0.15) is 4.31 Å². The van der Waals surface area contributed by atoms with Crippen molar-refractivity contribution in [3.8, 4) is 0 Å². The van der Waals surface area contributed by atoms with E-state index in [9.17, 15) is 8.42 Å². The van der Waals surface area contributed by atoms with Crippen LogP contribution in [0.4, 0.5) is 5.82 Å². The molecule has 0 N–H and O–H groups in total. The highest BCUT2D eigenvalue weighted by atomic mass is 79.9. The van der Waals surface area contributed by atoms with E-state index in [4.69, 9.17) is 9.97 Å². The minimum absolute atomic E-state index is 0.334. The number of piperazine rings is 1. The highest BCUT2D eigenvalue weighted by Gasteiger charge is 2.31. The lowest BCUT2D eigenvalue weighted by Crippen LogP contribution is -2.49. The van der Waals surface area contributed by atoms with Crippen LogP contribution in [0.1, 0.15) is 34.7 Å². The average molecular weight is 584 g/mol. The molecule has 4 aromatic rings. The number of sulfonamides is 1. The van der Waals surface area contributed by atoms with Gasteiger partial charge in [-0.1, -0.05) is 46.3 Å². The van der Waals surface area contributed by atoms with Crippen LogP contribution in [-0.2, 0) is 29.3 Å². The van der Waals surface area contributed by atoms with Crippen LogP contribution in [-0.4, -0.2) is 48.9 Å². The molecule has 1 aliphatic carbocycles. The van der Waals surface area contributed by atoms with Crippen molar-refractivity contribution < 1.29 is 8.42 Å². The Labute approximate surface area is 224 Å². The first kappa shape index (κ1) is 24.0. The first-order chi connectivity index (χ1) is 17.5. The SMILES string of the molecule is O=S(=O)(c1ccc(Br)cc1)N1CCN(c2nc(Cc3ccccc3)nc3sc4c(c23)CCCC4)CC1. The van der Waals surface area contributed by atoms with E-state index >= 15 is 0 Å². The Kier molecular flexibility index (Phi) is 6.58. The fraction of sp³-hybridized carbons (Fsp3) is 0.333. The minimum atomic E-state index is -3.52. The van der Waals surface area contributed by atoms with Gasteiger partial charge in [0.2, 0.25) is 10.0 Å². The quantitative estimate of drug-likeness (QED) is 0.314. The summed E-state index contributed by atoms with van der Waals surface area (Å²) in [4.78, 5) is 15.2. The summed E-state index contributed by atoms with van der Waals surface area (Å²) in [6.07, 6.45) is 5.30. The molecule has 0 unspecified atom stereocenters. The standard InChI is InChI=1S/C27H27BrN4O2S2/c28-20-10-12-21(13-11-20)36(33,34)32-16-14-31(15-17-32)26-25-22-8-4-5-9-23(22)35-27(25)30-24(29-26)18-19-6-2-1-3-7-19/h1-3,6-7,10-13H,4-5,8-9,14-18H2. The minimum Gasteiger partial charge on any atom is -0.353 e. The molecule has 0 amide bonds. The second kappa shape index (κ2) is 9.85. The lowest BCUT2D eigenvalue weighted by Gasteiger charge is -2.35. The van der Waals surface area contributed by atoms with Gasteiger partial charge in [-0.25, -0.2) is 18.4 Å². The molecule has 6 nitrogen and oxygen atoms in total. The van der Waals surface area contributed by atoms with Crippen LogP contribution in [0, 0.1) is 0 Å². The first-order valence-electron chi connectivity index (χ1n) is 12.3. The molecule has 1 fully saturated rings. The normalized spacial score (nSPS) is 16.9. The van der Waals surface area contributed by atoms with E-state index in [1.165, 1.54) is 34.2 Å². The zero-order chi connectivity index (χ0) is 24.7. The van der Waals surface area contributed by atoms with E-state index in [1.807, 2.05) is 29.5 Å². The largest absolute Gasteiger partial charge is 0.353 e. The Balaban J connectivity index is 1.32. The Morgan fingerprint density at radius 1 is 0.889 bits per heavy atom. The number of benzene rings is 2. The molecule has 1 aliphatic heterocycles. The number of hydrogen-bond acceptors (Lipinski definition) is 6. The van der Waals surface area contributed by atoms with Crippen molar-refractivity contribution in [3.63, 3.8) is 0 Å². The van der Waals surface area contributed by atoms with E-state index in [1.54, 1.807) is 28.6 Å². The van der Waals surface area contributed by atoms with Crippen LogP contribution >= 0.6 is 27.3 Å². The molecular formula is C27H27BrN4O2S2. The van der Waals surface area contributed by atoms with Crippen LogP contribution in [0.3, 0.4) is 0 Å². The maximum atomic E-state index is 13.2. The van der Waals surface area contributed by atoms with E-state index in [0.717, 1.165) is 33.8 Å². The van der Waals surface area contributed by atoms with Gasteiger partial charge < -0.3 is 4.90 Å². The molecule has 6 rings (SSSR count). The molecule has 9 heteroatoms. The second-order valence-electron chi connectivity index (χ2n) is 9.36. The van der Waals surface area contributed by atoms with Crippen molar-refractivity contribution in [2.24, 2.45) is 0 Å². The summed E-state index contributed by atoms with van der Waals surface area (Å²) in [5.41, 5.74) is 2.60. The van der Waals surface area contributed by atoms with E-state index in [0.29, 0.717) is 37.5 Å². The van der Waals surface area contributed by atoms with Crippen LogP contribution in [0.5, 0.6) is 0 Å². The topological polar surface area (TPSA) is 66.4 Å². The van der Waals surface area contributed by atoms with Crippen LogP contribution in [0.2, 0.25) is 0 Å². The molecule has 0 saturated carbocycles. The van der Waals surface area contributed by atoms with Gasteiger partial charge in [0.1, 0.15) is 16.5 Å². The zero-order valence-corrected chi connectivity index (χ0v) is 23.1. The average Bonchev–Trinajstić information content (AvgIpc) is 3.28. The molecule has 186 valence electrons. The van der Waals surface area contributed by atoms with Crippen molar-refractivity contribution in [1.82, 2.24) is 14.3 Å². The molecule has 2 aromatic carbocycles. The van der Waals surface area contributed by atoms with Crippen molar-refractivity contribution in [1.29, 1.82) is 0 Å². The van der Waals surface area contributed by atoms with Gasteiger partial charge in [0.05, 0.1) is 10.3 Å². The van der Waals surface area contributed by atoms with E-state index < -0.39 is 10.0 Å². The van der Waals surface area contributed by atoms with Crippen molar-refractivity contribution in [3.05, 3.63) is 80.9 Å². The number of hydrogen-bond donors (Lipinski definition) is 0. The molecule has 0 bridgehead atoms. The lowest BCUT2D eigenvalue weighted by molar-refractivity contribution is 0.384. The Morgan fingerprint density at radius 2 is 1.61 bits per heavy atom. The van der Waals surface area contributed by atoms with Crippen LogP contribution in [0.25, 0.3) is 10.2 Å². The molecule has 36 heavy (non-hydrogen) atoms.